The Morgan fingerprint density at radius 1 is 0.870 bits per heavy atom. The summed E-state index contributed by atoms with van der Waals surface area (Å²) in [5.41, 5.74) is 6.69. The summed E-state index contributed by atoms with van der Waals surface area (Å²) in [5.74, 6) is 0. The van der Waals surface area contributed by atoms with Gasteiger partial charge in [-0.1, -0.05) is 24.2 Å². The van der Waals surface area contributed by atoms with Crippen molar-refractivity contribution in [3.05, 3.63) is 22.3 Å². The summed E-state index contributed by atoms with van der Waals surface area (Å²) in [6.45, 7) is 15.0. The van der Waals surface area contributed by atoms with Gasteiger partial charge in [0.25, 0.3) is 0 Å². The zero-order chi connectivity index (χ0) is 17.8. The van der Waals surface area contributed by atoms with Crippen molar-refractivity contribution in [1.82, 2.24) is 4.98 Å². The fourth-order valence-corrected chi connectivity index (χ4v) is 9.15. The van der Waals surface area contributed by atoms with E-state index in [1.165, 1.54) is 11.1 Å². The molecule has 134 valence electrons. The Labute approximate surface area is 144 Å². The molecule has 0 heterocycles. The molecule has 1 aliphatic carbocycles. The van der Waals surface area contributed by atoms with Crippen LogP contribution in [-0.2, 0) is 13.3 Å². The minimum absolute atomic E-state index is 0.608. The number of hydrogen-bond donors (Lipinski definition) is 1. The van der Waals surface area contributed by atoms with Gasteiger partial charge in [0.15, 0.2) is 0 Å². The van der Waals surface area contributed by atoms with E-state index in [1.807, 2.05) is 0 Å². The van der Waals surface area contributed by atoms with Crippen LogP contribution in [0.5, 0.6) is 0 Å². The first-order valence-electron chi connectivity index (χ1n) is 8.41. The summed E-state index contributed by atoms with van der Waals surface area (Å²) in [7, 11) is 1.02. The van der Waals surface area contributed by atoms with Crippen LogP contribution in [0.1, 0.15) is 34.1 Å². The Morgan fingerprint density at radius 3 is 1.70 bits per heavy atom. The number of nitrogens with one attached hydrogen (secondary N) is 1. The average molecular weight is 358 g/mol. The van der Waals surface area contributed by atoms with E-state index in [2.05, 4.69) is 45.8 Å². The molecule has 0 aromatic rings. The van der Waals surface area contributed by atoms with Gasteiger partial charge >= 0.3 is 8.80 Å². The SMILES string of the molecule is CO[Si](CCCN[Si](C)(C)C1C(C)=C(C)C(C)=C1C)(OC)OC. The molecule has 23 heavy (non-hydrogen) atoms. The second-order valence-electron chi connectivity index (χ2n) is 7.10. The highest BCUT2D eigenvalue weighted by Crippen LogP contribution is 2.45. The van der Waals surface area contributed by atoms with Crippen molar-refractivity contribution in [1.29, 1.82) is 0 Å². The lowest BCUT2D eigenvalue weighted by molar-refractivity contribution is 0.123. The Hall–Kier alpha value is -0.246. The van der Waals surface area contributed by atoms with Crippen LogP contribution in [0.15, 0.2) is 22.3 Å². The van der Waals surface area contributed by atoms with Crippen LogP contribution in [0.4, 0.5) is 0 Å². The summed E-state index contributed by atoms with van der Waals surface area (Å²) < 4.78 is 16.5. The molecular weight excluding hydrogens is 322 g/mol. The van der Waals surface area contributed by atoms with E-state index in [0.717, 1.165) is 19.0 Å². The Bertz CT molecular complexity index is 450. The van der Waals surface area contributed by atoms with Gasteiger partial charge in [0.2, 0.25) is 0 Å². The molecule has 0 amide bonds. The van der Waals surface area contributed by atoms with Crippen LogP contribution in [0, 0.1) is 0 Å². The van der Waals surface area contributed by atoms with Crippen LogP contribution in [-0.4, -0.2) is 44.9 Å². The van der Waals surface area contributed by atoms with E-state index in [0.29, 0.717) is 5.54 Å². The summed E-state index contributed by atoms with van der Waals surface area (Å²) in [5, 5.41) is 0. The number of allylic oxidation sites excluding steroid dienone is 4. The molecule has 1 rings (SSSR count). The van der Waals surface area contributed by atoms with Crippen molar-refractivity contribution >= 4 is 17.0 Å². The molecule has 0 saturated heterocycles. The molecule has 0 aromatic carbocycles. The minimum atomic E-state index is -2.44. The van der Waals surface area contributed by atoms with E-state index >= 15 is 0 Å². The third-order valence-corrected chi connectivity index (χ3v) is 11.8. The maximum absolute atomic E-state index is 5.49. The van der Waals surface area contributed by atoms with Crippen LogP contribution < -0.4 is 4.98 Å². The van der Waals surface area contributed by atoms with Gasteiger partial charge in [0.05, 0.1) is 0 Å². The normalized spacial score (nSPS) is 17.6. The van der Waals surface area contributed by atoms with Gasteiger partial charge < -0.3 is 18.3 Å². The van der Waals surface area contributed by atoms with Gasteiger partial charge in [-0.05, 0) is 51.8 Å². The van der Waals surface area contributed by atoms with E-state index in [4.69, 9.17) is 13.3 Å². The molecule has 0 unspecified atom stereocenters. The molecule has 0 aliphatic heterocycles. The molecule has 1 N–H and O–H groups in total. The quantitative estimate of drug-likeness (QED) is 0.498. The fraction of sp³-hybridized carbons (Fsp3) is 0.765. The first kappa shape index (κ1) is 20.8. The maximum atomic E-state index is 5.49. The third kappa shape index (κ3) is 4.43. The van der Waals surface area contributed by atoms with Gasteiger partial charge in [-0.15, -0.1) is 0 Å². The average Bonchev–Trinajstić information content (AvgIpc) is 2.72. The van der Waals surface area contributed by atoms with Gasteiger partial charge in [0.1, 0.15) is 8.24 Å². The lowest BCUT2D eigenvalue weighted by atomic mass is 10.1. The van der Waals surface area contributed by atoms with Gasteiger partial charge in [0, 0.05) is 32.9 Å². The van der Waals surface area contributed by atoms with Crippen molar-refractivity contribution in [2.75, 3.05) is 27.9 Å². The molecule has 0 spiro atoms. The molecule has 0 aromatic heterocycles. The molecule has 0 fully saturated rings. The van der Waals surface area contributed by atoms with Crippen molar-refractivity contribution < 1.29 is 13.3 Å². The number of hydrogen-bond acceptors (Lipinski definition) is 4. The topological polar surface area (TPSA) is 39.7 Å². The molecule has 4 nitrogen and oxygen atoms in total. The molecular formula is C17H35NO3Si2. The first-order valence-corrected chi connectivity index (χ1v) is 13.4. The van der Waals surface area contributed by atoms with Crippen LogP contribution in [0.2, 0.25) is 24.7 Å². The van der Waals surface area contributed by atoms with Crippen molar-refractivity contribution in [3.63, 3.8) is 0 Å². The predicted molar refractivity (Wildman–Crippen MR) is 102 cm³/mol. The first-order chi connectivity index (χ1) is 10.7. The second kappa shape index (κ2) is 8.22. The lowest BCUT2D eigenvalue weighted by Gasteiger charge is -2.34. The van der Waals surface area contributed by atoms with E-state index in [1.54, 1.807) is 32.5 Å². The summed E-state index contributed by atoms with van der Waals surface area (Å²) in [6, 6.07) is 0.848. The third-order valence-electron chi connectivity index (χ3n) is 5.51. The second-order valence-corrected chi connectivity index (χ2v) is 14.6. The van der Waals surface area contributed by atoms with Crippen LogP contribution in [0.3, 0.4) is 0 Å². The Kier molecular flexibility index (Phi) is 7.44. The molecule has 6 heteroatoms. The van der Waals surface area contributed by atoms with Crippen molar-refractivity contribution in [2.24, 2.45) is 0 Å². The summed E-state index contributed by atoms with van der Waals surface area (Å²) >= 11 is 0. The molecule has 0 bridgehead atoms. The monoisotopic (exact) mass is 357 g/mol. The van der Waals surface area contributed by atoms with E-state index in [-0.39, 0.29) is 0 Å². The zero-order valence-electron chi connectivity index (χ0n) is 16.4. The highest BCUT2D eigenvalue weighted by atomic mass is 28.4. The molecule has 0 atom stereocenters. The largest absolute Gasteiger partial charge is 0.500 e. The lowest BCUT2D eigenvalue weighted by Crippen LogP contribution is -2.50. The van der Waals surface area contributed by atoms with Gasteiger partial charge in [-0.2, -0.15) is 0 Å². The van der Waals surface area contributed by atoms with Crippen molar-refractivity contribution in [2.45, 2.75) is 58.8 Å². The highest BCUT2D eigenvalue weighted by Gasteiger charge is 2.40. The maximum Gasteiger partial charge on any atom is 0.500 e. The fourth-order valence-electron chi connectivity index (χ4n) is 3.81. The van der Waals surface area contributed by atoms with E-state index < -0.39 is 17.0 Å². The molecule has 0 saturated carbocycles. The van der Waals surface area contributed by atoms with Crippen molar-refractivity contribution in [3.8, 4) is 0 Å². The van der Waals surface area contributed by atoms with E-state index in [9.17, 15) is 0 Å². The Balaban J connectivity index is 2.64. The minimum Gasteiger partial charge on any atom is -0.377 e. The van der Waals surface area contributed by atoms with Gasteiger partial charge in [-0.25, -0.2) is 0 Å². The van der Waals surface area contributed by atoms with Crippen LogP contribution in [0.25, 0.3) is 0 Å². The highest BCUT2D eigenvalue weighted by molar-refractivity contribution is 6.77. The zero-order valence-corrected chi connectivity index (χ0v) is 18.4. The van der Waals surface area contributed by atoms with Gasteiger partial charge in [-0.3, -0.25) is 0 Å². The number of rotatable bonds is 9. The summed E-state index contributed by atoms with van der Waals surface area (Å²) in [6.07, 6.45) is 1.01. The standard InChI is InChI=1S/C17H35NO3Si2/c1-13-14(2)16(4)17(15(13)3)22(8,9)18-11-10-12-23(19-5,20-6)21-7/h17-18H,10-12H2,1-9H3. The Morgan fingerprint density at radius 2 is 1.30 bits per heavy atom. The smallest absolute Gasteiger partial charge is 0.377 e. The predicted octanol–water partition coefficient (Wildman–Crippen LogP) is 4.11. The molecule has 1 aliphatic rings. The summed E-state index contributed by atoms with van der Waals surface area (Å²) in [4.78, 5) is 3.87. The molecule has 0 radical (unpaired) electrons. The van der Waals surface area contributed by atoms with Crippen LogP contribution >= 0.6 is 0 Å².